The molecular formula is C14H18N2O2. The van der Waals surface area contributed by atoms with E-state index in [0.29, 0.717) is 19.8 Å². The first-order valence-corrected chi connectivity index (χ1v) is 6.04. The van der Waals surface area contributed by atoms with Gasteiger partial charge in [-0.15, -0.1) is 0 Å². The Morgan fingerprint density at radius 1 is 1.28 bits per heavy atom. The van der Waals surface area contributed by atoms with Gasteiger partial charge in [-0.2, -0.15) is 5.26 Å². The Balaban J connectivity index is 2.16. The van der Waals surface area contributed by atoms with E-state index in [1.54, 1.807) is 0 Å². The van der Waals surface area contributed by atoms with Crippen molar-refractivity contribution in [1.82, 2.24) is 0 Å². The molecule has 0 aliphatic carbocycles. The van der Waals surface area contributed by atoms with Crippen molar-refractivity contribution in [1.29, 1.82) is 5.26 Å². The number of anilines is 1. The molecular weight excluding hydrogens is 228 g/mol. The fourth-order valence-corrected chi connectivity index (χ4v) is 1.99. The highest BCUT2D eigenvalue weighted by molar-refractivity contribution is 5.56. The molecule has 0 spiro atoms. The van der Waals surface area contributed by atoms with E-state index in [0.717, 1.165) is 17.2 Å². The number of fused-ring (bicyclic) bond motifs is 1. The van der Waals surface area contributed by atoms with Gasteiger partial charge in [-0.05, 0) is 26.0 Å². The van der Waals surface area contributed by atoms with E-state index in [4.69, 9.17) is 14.7 Å². The van der Waals surface area contributed by atoms with Gasteiger partial charge < -0.3 is 14.4 Å². The minimum absolute atomic E-state index is 0.373. The number of ether oxygens (including phenoxy) is 2. The monoisotopic (exact) mass is 246 g/mol. The number of nitrogens with zero attached hydrogens (tertiary/aromatic N) is 2. The zero-order valence-corrected chi connectivity index (χ0v) is 11.1. The van der Waals surface area contributed by atoms with E-state index in [9.17, 15) is 0 Å². The van der Waals surface area contributed by atoms with E-state index < -0.39 is 0 Å². The van der Waals surface area contributed by atoms with Crippen molar-refractivity contribution in [3.05, 3.63) is 18.2 Å². The van der Waals surface area contributed by atoms with E-state index in [-0.39, 0.29) is 5.41 Å². The summed E-state index contributed by atoms with van der Waals surface area (Å²) in [5.41, 5.74) is 0.657. The minimum atomic E-state index is -0.373. The summed E-state index contributed by atoms with van der Waals surface area (Å²) in [6, 6.07) is 8.17. The molecule has 0 saturated heterocycles. The van der Waals surface area contributed by atoms with Crippen LogP contribution in [0, 0.1) is 16.7 Å². The van der Waals surface area contributed by atoms with Crippen LogP contribution in [-0.4, -0.2) is 26.8 Å². The molecule has 0 unspecified atom stereocenters. The van der Waals surface area contributed by atoms with Gasteiger partial charge in [-0.25, -0.2) is 0 Å². The van der Waals surface area contributed by atoms with Gasteiger partial charge >= 0.3 is 0 Å². The molecule has 0 saturated carbocycles. The molecule has 0 fully saturated rings. The third kappa shape index (κ3) is 2.67. The Morgan fingerprint density at radius 3 is 2.61 bits per heavy atom. The van der Waals surface area contributed by atoms with Gasteiger partial charge in [0.25, 0.3) is 0 Å². The lowest BCUT2D eigenvalue weighted by atomic mass is 9.95. The van der Waals surface area contributed by atoms with Crippen molar-refractivity contribution in [2.24, 2.45) is 5.41 Å². The average Bonchev–Trinajstić information content (AvgIpc) is 2.37. The Kier molecular flexibility index (Phi) is 3.33. The lowest BCUT2D eigenvalue weighted by molar-refractivity contribution is 0.171. The number of nitriles is 1. The van der Waals surface area contributed by atoms with Gasteiger partial charge in [0.2, 0.25) is 0 Å². The van der Waals surface area contributed by atoms with E-state index >= 15 is 0 Å². The summed E-state index contributed by atoms with van der Waals surface area (Å²) in [7, 11) is 1.98. The SMILES string of the molecule is CN(CC(C)(C)C#N)c1ccc2c(c1)OCCO2. The smallest absolute Gasteiger partial charge is 0.163 e. The number of benzene rings is 1. The molecule has 4 nitrogen and oxygen atoms in total. The van der Waals surface area contributed by atoms with Crippen molar-refractivity contribution in [3.63, 3.8) is 0 Å². The first kappa shape index (κ1) is 12.6. The second kappa shape index (κ2) is 4.77. The van der Waals surface area contributed by atoms with Crippen LogP contribution in [-0.2, 0) is 0 Å². The molecule has 1 aromatic carbocycles. The van der Waals surface area contributed by atoms with Gasteiger partial charge in [0, 0.05) is 25.3 Å². The summed E-state index contributed by atoms with van der Waals surface area (Å²) in [5.74, 6) is 1.57. The normalized spacial score (nSPS) is 13.9. The van der Waals surface area contributed by atoms with Crippen molar-refractivity contribution in [2.45, 2.75) is 13.8 Å². The maximum atomic E-state index is 9.06. The summed E-state index contributed by atoms with van der Waals surface area (Å²) in [4.78, 5) is 2.06. The molecule has 0 N–H and O–H groups in total. The molecule has 0 amide bonds. The fourth-order valence-electron chi connectivity index (χ4n) is 1.99. The van der Waals surface area contributed by atoms with Crippen LogP contribution in [0.2, 0.25) is 0 Å². The van der Waals surface area contributed by atoms with Crippen molar-refractivity contribution >= 4 is 5.69 Å². The predicted molar refractivity (Wildman–Crippen MR) is 70.1 cm³/mol. The zero-order chi connectivity index (χ0) is 13.2. The van der Waals surface area contributed by atoms with Crippen molar-refractivity contribution in [2.75, 3.05) is 31.7 Å². The molecule has 1 heterocycles. The Labute approximate surface area is 108 Å². The molecule has 1 aromatic rings. The lowest BCUT2D eigenvalue weighted by Gasteiger charge is -2.27. The molecule has 0 aromatic heterocycles. The van der Waals surface area contributed by atoms with Crippen LogP contribution < -0.4 is 14.4 Å². The molecule has 0 atom stereocenters. The van der Waals surface area contributed by atoms with Gasteiger partial charge in [0.1, 0.15) is 13.2 Å². The van der Waals surface area contributed by atoms with Gasteiger partial charge in [0.15, 0.2) is 11.5 Å². The highest BCUT2D eigenvalue weighted by Gasteiger charge is 2.20. The first-order valence-electron chi connectivity index (χ1n) is 6.04. The van der Waals surface area contributed by atoms with Crippen LogP contribution in [0.15, 0.2) is 18.2 Å². The second-order valence-corrected chi connectivity index (χ2v) is 5.18. The third-order valence-corrected chi connectivity index (χ3v) is 2.90. The molecule has 0 radical (unpaired) electrons. The molecule has 96 valence electrons. The van der Waals surface area contributed by atoms with Crippen molar-refractivity contribution < 1.29 is 9.47 Å². The van der Waals surface area contributed by atoms with E-state index in [1.165, 1.54) is 0 Å². The van der Waals surface area contributed by atoms with Crippen LogP contribution in [0.3, 0.4) is 0 Å². The Morgan fingerprint density at radius 2 is 1.94 bits per heavy atom. The van der Waals surface area contributed by atoms with Crippen LogP contribution in [0.5, 0.6) is 11.5 Å². The maximum Gasteiger partial charge on any atom is 0.163 e. The van der Waals surface area contributed by atoms with Gasteiger partial charge in [-0.1, -0.05) is 0 Å². The van der Waals surface area contributed by atoms with Crippen LogP contribution in [0.25, 0.3) is 0 Å². The van der Waals surface area contributed by atoms with Crippen LogP contribution in [0.1, 0.15) is 13.8 Å². The van der Waals surface area contributed by atoms with Crippen molar-refractivity contribution in [3.8, 4) is 17.6 Å². The standard InChI is InChI=1S/C14H18N2O2/c1-14(2,9-15)10-16(3)11-4-5-12-13(8-11)18-7-6-17-12/h4-5,8H,6-7,10H2,1-3H3. The fraction of sp³-hybridized carbons (Fsp3) is 0.500. The Bertz CT molecular complexity index is 477. The third-order valence-electron chi connectivity index (χ3n) is 2.90. The highest BCUT2D eigenvalue weighted by Crippen LogP contribution is 2.34. The zero-order valence-electron chi connectivity index (χ0n) is 11.1. The number of rotatable bonds is 3. The number of hydrogen-bond donors (Lipinski definition) is 0. The topological polar surface area (TPSA) is 45.5 Å². The molecule has 2 rings (SSSR count). The first-order chi connectivity index (χ1) is 8.52. The molecule has 1 aliphatic heterocycles. The molecule has 4 heteroatoms. The quantitative estimate of drug-likeness (QED) is 0.821. The lowest BCUT2D eigenvalue weighted by Crippen LogP contribution is -2.30. The minimum Gasteiger partial charge on any atom is -0.486 e. The Hall–Kier alpha value is -1.89. The summed E-state index contributed by atoms with van der Waals surface area (Å²) < 4.78 is 11.0. The summed E-state index contributed by atoms with van der Waals surface area (Å²) in [6.07, 6.45) is 0. The predicted octanol–water partition coefficient (Wildman–Crippen LogP) is 2.44. The average molecular weight is 246 g/mol. The van der Waals surface area contributed by atoms with Gasteiger partial charge in [0.05, 0.1) is 11.5 Å². The number of hydrogen-bond acceptors (Lipinski definition) is 4. The summed E-state index contributed by atoms with van der Waals surface area (Å²) in [5, 5.41) is 9.06. The largest absolute Gasteiger partial charge is 0.486 e. The molecule has 18 heavy (non-hydrogen) atoms. The highest BCUT2D eigenvalue weighted by atomic mass is 16.6. The summed E-state index contributed by atoms with van der Waals surface area (Å²) in [6.45, 7) is 5.72. The second-order valence-electron chi connectivity index (χ2n) is 5.18. The maximum absolute atomic E-state index is 9.06. The molecule has 1 aliphatic rings. The summed E-state index contributed by atoms with van der Waals surface area (Å²) >= 11 is 0. The van der Waals surface area contributed by atoms with E-state index in [2.05, 4.69) is 11.0 Å². The van der Waals surface area contributed by atoms with Crippen LogP contribution in [0.4, 0.5) is 5.69 Å². The van der Waals surface area contributed by atoms with Gasteiger partial charge in [-0.3, -0.25) is 0 Å². The van der Waals surface area contributed by atoms with Crippen LogP contribution >= 0.6 is 0 Å². The van der Waals surface area contributed by atoms with E-state index in [1.807, 2.05) is 39.1 Å². The molecule has 0 bridgehead atoms.